The lowest BCUT2D eigenvalue weighted by molar-refractivity contribution is -0.199. The standard InChI is InChI=1S/C29H44BFN2O5/c1-17(2)12-24(30-37-23-15-19-14-22(28(19,6)7)29(23,8)38-30)33-25(34)16-21(18-10-9-11-20(31)13-18)32-26(35)36-27(3,4)5/h9-11,13,17,19,21-24H,12,14-16H2,1-8H3,(H,32,35)(H,33,34)/t19-,21?,22-,23+,24-,29-/m0/s1. The van der Waals surface area contributed by atoms with Crippen LogP contribution in [0.15, 0.2) is 24.3 Å². The molecule has 6 atom stereocenters. The predicted octanol–water partition coefficient (Wildman–Crippen LogP) is 5.58. The molecule has 2 bridgehead atoms. The summed E-state index contributed by atoms with van der Waals surface area (Å²) in [6, 6.07) is 5.13. The molecule has 3 saturated carbocycles. The lowest BCUT2D eigenvalue weighted by Crippen LogP contribution is -2.65. The van der Waals surface area contributed by atoms with Crippen molar-refractivity contribution in [2.24, 2.45) is 23.2 Å². The third kappa shape index (κ3) is 6.04. The summed E-state index contributed by atoms with van der Waals surface area (Å²) >= 11 is 0. The Bertz CT molecular complexity index is 1040. The minimum atomic E-state index is -0.765. The fraction of sp³-hybridized carbons (Fsp3) is 0.724. The predicted molar refractivity (Wildman–Crippen MR) is 145 cm³/mol. The maximum Gasteiger partial charge on any atom is 0.481 e. The molecule has 4 fully saturated rings. The Labute approximate surface area is 227 Å². The van der Waals surface area contributed by atoms with Gasteiger partial charge in [0.15, 0.2) is 0 Å². The molecule has 0 spiro atoms. The topological polar surface area (TPSA) is 85.9 Å². The van der Waals surface area contributed by atoms with E-state index in [1.165, 1.54) is 12.1 Å². The van der Waals surface area contributed by atoms with E-state index < -0.39 is 30.7 Å². The average Bonchev–Trinajstić information content (AvgIpc) is 3.13. The summed E-state index contributed by atoms with van der Waals surface area (Å²) in [5.41, 5.74) is -0.363. The molecule has 1 aromatic carbocycles. The van der Waals surface area contributed by atoms with E-state index in [2.05, 4.69) is 45.3 Å². The molecule has 210 valence electrons. The van der Waals surface area contributed by atoms with Crippen LogP contribution in [0.25, 0.3) is 0 Å². The van der Waals surface area contributed by atoms with E-state index in [0.717, 1.165) is 12.8 Å². The van der Waals surface area contributed by atoms with Crippen LogP contribution in [0.3, 0.4) is 0 Å². The van der Waals surface area contributed by atoms with Gasteiger partial charge in [0, 0.05) is 0 Å². The van der Waals surface area contributed by atoms with Gasteiger partial charge in [0.25, 0.3) is 0 Å². The zero-order valence-electron chi connectivity index (χ0n) is 24.1. The molecule has 9 heteroatoms. The minimum Gasteiger partial charge on any atom is -0.444 e. The van der Waals surface area contributed by atoms with E-state index in [1.807, 2.05) is 0 Å². The number of hydrogen-bond donors (Lipinski definition) is 2. The van der Waals surface area contributed by atoms with Gasteiger partial charge in [-0.2, -0.15) is 0 Å². The van der Waals surface area contributed by atoms with Crippen molar-refractivity contribution in [3.05, 3.63) is 35.6 Å². The van der Waals surface area contributed by atoms with Gasteiger partial charge in [-0.05, 0) is 87.8 Å². The molecule has 1 unspecified atom stereocenters. The van der Waals surface area contributed by atoms with Crippen molar-refractivity contribution in [2.75, 3.05) is 0 Å². The van der Waals surface area contributed by atoms with Crippen LogP contribution in [-0.2, 0) is 18.8 Å². The van der Waals surface area contributed by atoms with E-state index in [9.17, 15) is 14.0 Å². The number of ether oxygens (including phenoxy) is 1. The van der Waals surface area contributed by atoms with Crippen LogP contribution in [0, 0.1) is 29.0 Å². The number of carbonyl (C=O) groups excluding carboxylic acids is 2. The molecule has 1 aromatic rings. The lowest BCUT2D eigenvalue weighted by atomic mass is 9.43. The molecule has 38 heavy (non-hydrogen) atoms. The number of rotatable bonds is 8. The highest BCUT2D eigenvalue weighted by atomic mass is 19.1. The number of amides is 2. The molecule has 0 aromatic heterocycles. The molecule has 0 radical (unpaired) electrons. The quantitative estimate of drug-likeness (QED) is 0.429. The van der Waals surface area contributed by atoms with Gasteiger partial charge in [-0.1, -0.05) is 39.8 Å². The fourth-order valence-corrected chi connectivity index (χ4v) is 6.69. The van der Waals surface area contributed by atoms with Gasteiger partial charge < -0.3 is 24.7 Å². The van der Waals surface area contributed by atoms with Crippen LogP contribution in [0.2, 0.25) is 0 Å². The Hall–Kier alpha value is -2.13. The maximum absolute atomic E-state index is 14.0. The average molecular weight is 530 g/mol. The van der Waals surface area contributed by atoms with E-state index in [0.29, 0.717) is 29.7 Å². The van der Waals surface area contributed by atoms with E-state index in [1.54, 1.807) is 32.9 Å². The number of hydrogen-bond acceptors (Lipinski definition) is 5. The normalized spacial score (nSPS) is 29.2. The molecule has 4 aliphatic rings. The number of halogens is 1. The molecule has 1 aliphatic heterocycles. The van der Waals surface area contributed by atoms with Crippen molar-refractivity contribution in [2.45, 2.75) is 110 Å². The first-order valence-electron chi connectivity index (χ1n) is 14.0. The first-order chi connectivity index (χ1) is 17.6. The summed E-state index contributed by atoms with van der Waals surface area (Å²) < 4.78 is 32.5. The second-order valence-electron chi connectivity index (χ2n) is 13.6. The van der Waals surface area contributed by atoms with Gasteiger partial charge in [-0.3, -0.25) is 4.79 Å². The minimum absolute atomic E-state index is 0.0183. The third-order valence-electron chi connectivity index (χ3n) is 8.70. The Morgan fingerprint density at radius 2 is 1.89 bits per heavy atom. The summed E-state index contributed by atoms with van der Waals surface area (Å²) in [6.07, 6.45) is 2.08. The summed E-state index contributed by atoms with van der Waals surface area (Å²) in [6.45, 7) is 16.3. The Morgan fingerprint density at radius 1 is 1.18 bits per heavy atom. The Balaban J connectivity index is 1.47. The lowest BCUT2D eigenvalue weighted by Gasteiger charge is -2.64. The van der Waals surface area contributed by atoms with Crippen molar-refractivity contribution in [1.29, 1.82) is 0 Å². The molecule has 7 nitrogen and oxygen atoms in total. The second kappa shape index (κ2) is 10.5. The van der Waals surface area contributed by atoms with Gasteiger partial charge in [0.1, 0.15) is 11.4 Å². The van der Waals surface area contributed by atoms with Crippen LogP contribution in [0.1, 0.15) is 92.7 Å². The summed E-state index contributed by atoms with van der Waals surface area (Å²) in [5, 5.41) is 5.88. The van der Waals surface area contributed by atoms with Gasteiger partial charge >= 0.3 is 13.2 Å². The zero-order valence-corrected chi connectivity index (χ0v) is 24.1. The summed E-state index contributed by atoms with van der Waals surface area (Å²) in [7, 11) is -0.544. The second-order valence-corrected chi connectivity index (χ2v) is 13.6. The van der Waals surface area contributed by atoms with E-state index in [4.69, 9.17) is 14.0 Å². The number of benzene rings is 1. The van der Waals surface area contributed by atoms with Gasteiger partial charge in [-0.25, -0.2) is 9.18 Å². The first-order valence-corrected chi connectivity index (χ1v) is 14.0. The molecule has 3 aliphatic carbocycles. The summed E-state index contributed by atoms with van der Waals surface area (Å²) in [4.78, 5) is 25.9. The fourth-order valence-electron chi connectivity index (χ4n) is 6.69. The molecule has 2 N–H and O–H groups in total. The molecule has 1 saturated heterocycles. The van der Waals surface area contributed by atoms with Gasteiger partial charge in [-0.15, -0.1) is 0 Å². The smallest absolute Gasteiger partial charge is 0.444 e. The van der Waals surface area contributed by atoms with E-state index in [-0.39, 0.29) is 35.4 Å². The van der Waals surface area contributed by atoms with Gasteiger partial charge in [0.2, 0.25) is 5.91 Å². The van der Waals surface area contributed by atoms with Crippen LogP contribution >= 0.6 is 0 Å². The largest absolute Gasteiger partial charge is 0.481 e. The first kappa shape index (κ1) is 28.9. The van der Waals surface area contributed by atoms with E-state index >= 15 is 0 Å². The molecular weight excluding hydrogens is 486 g/mol. The highest BCUT2D eigenvalue weighted by Gasteiger charge is 2.68. The Morgan fingerprint density at radius 3 is 2.50 bits per heavy atom. The maximum atomic E-state index is 14.0. The zero-order chi connectivity index (χ0) is 28.0. The van der Waals surface area contributed by atoms with Crippen LogP contribution in [0.5, 0.6) is 0 Å². The number of carbonyl (C=O) groups is 2. The Kier molecular flexibility index (Phi) is 7.94. The van der Waals surface area contributed by atoms with Crippen molar-refractivity contribution >= 4 is 19.1 Å². The highest BCUT2D eigenvalue weighted by Crippen LogP contribution is 2.65. The summed E-state index contributed by atoms with van der Waals surface area (Å²) in [5.74, 6) is 0.290. The third-order valence-corrected chi connectivity index (χ3v) is 8.70. The van der Waals surface area contributed by atoms with Crippen molar-refractivity contribution in [3.8, 4) is 0 Å². The molecule has 5 rings (SSSR count). The molecule has 1 heterocycles. The SMILES string of the molecule is CC(C)C[C@H](NC(=O)CC(NC(=O)OC(C)(C)C)c1cccc(F)c1)B1O[C@@H]2C[C@@H]3C[C@@H](C3(C)C)[C@]2(C)O1. The number of nitrogens with one attached hydrogen (secondary N) is 2. The monoisotopic (exact) mass is 530 g/mol. The molecule has 2 amide bonds. The van der Waals surface area contributed by atoms with Crippen LogP contribution in [0.4, 0.5) is 9.18 Å². The van der Waals surface area contributed by atoms with Crippen LogP contribution in [-0.4, -0.2) is 42.4 Å². The number of alkyl carbamates (subject to hydrolysis) is 1. The van der Waals surface area contributed by atoms with Crippen LogP contribution < -0.4 is 10.6 Å². The molecular formula is C29H44BFN2O5. The van der Waals surface area contributed by atoms with Crippen molar-refractivity contribution in [3.63, 3.8) is 0 Å². The van der Waals surface area contributed by atoms with Crippen molar-refractivity contribution < 1.29 is 28.0 Å². The highest BCUT2D eigenvalue weighted by molar-refractivity contribution is 6.47. The van der Waals surface area contributed by atoms with Gasteiger partial charge in [0.05, 0.1) is 30.1 Å². The van der Waals surface area contributed by atoms with Crippen molar-refractivity contribution in [1.82, 2.24) is 10.6 Å².